The highest BCUT2D eigenvalue weighted by molar-refractivity contribution is 7.20. The van der Waals surface area contributed by atoms with Gasteiger partial charge < -0.3 is 24.2 Å². The SMILES string of the molecule is N#CCC1(Cn2c(N3CC4(CN(c5cccc(OCc6ccc(Cl)cc6F)n5)C4)C3)nc3sc(C(=O)O)cc32)CC1. The van der Waals surface area contributed by atoms with Crippen LogP contribution < -0.4 is 14.5 Å². The van der Waals surface area contributed by atoms with Crippen LogP contribution in [0.4, 0.5) is 16.2 Å². The predicted octanol–water partition coefficient (Wildman–Crippen LogP) is 5.58. The number of aromatic nitrogens is 3. The molecule has 3 aromatic heterocycles. The number of ether oxygens (including phenoxy) is 1. The number of benzene rings is 1. The quantitative estimate of drug-likeness (QED) is 0.268. The number of nitrogens with zero attached hydrogens (tertiary/aromatic N) is 6. The average Bonchev–Trinajstić information content (AvgIpc) is 3.38. The fourth-order valence-electron chi connectivity index (χ4n) is 5.96. The van der Waals surface area contributed by atoms with Crippen molar-refractivity contribution >= 4 is 51.0 Å². The summed E-state index contributed by atoms with van der Waals surface area (Å²) in [5, 5.41) is 19.2. The lowest BCUT2D eigenvalue weighted by molar-refractivity contribution is 0.0702. The summed E-state index contributed by atoms with van der Waals surface area (Å²) in [5.41, 5.74) is 1.33. The Kier molecular flexibility index (Phi) is 6.10. The van der Waals surface area contributed by atoms with E-state index in [-0.39, 0.29) is 22.3 Å². The second kappa shape index (κ2) is 9.60. The van der Waals surface area contributed by atoms with Crippen molar-refractivity contribution in [3.05, 3.63) is 63.7 Å². The van der Waals surface area contributed by atoms with E-state index in [1.807, 2.05) is 12.1 Å². The first-order valence-corrected chi connectivity index (χ1v) is 14.6. The minimum atomic E-state index is -0.947. The van der Waals surface area contributed by atoms with Crippen LogP contribution in [-0.2, 0) is 13.2 Å². The molecule has 4 aromatic rings. The molecular weight excluding hydrogens is 567 g/mol. The Morgan fingerprint density at radius 2 is 1.93 bits per heavy atom. The molecule has 9 nitrogen and oxygen atoms in total. The molecule has 0 bridgehead atoms. The molecule has 5 heterocycles. The van der Waals surface area contributed by atoms with Gasteiger partial charge in [0.15, 0.2) is 0 Å². The number of carboxylic acid groups (broad SMARTS) is 1. The fraction of sp³-hybridized carbons (Fsp3) is 0.379. The third kappa shape index (κ3) is 4.75. The number of nitriles is 1. The normalized spacial score (nSPS) is 18.2. The number of thiophene rings is 1. The summed E-state index contributed by atoms with van der Waals surface area (Å²) in [6, 6.07) is 14.1. The maximum atomic E-state index is 14.1. The Bertz CT molecular complexity index is 1710. The molecule has 1 saturated carbocycles. The Morgan fingerprint density at radius 3 is 2.63 bits per heavy atom. The highest BCUT2D eigenvalue weighted by Crippen LogP contribution is 2.52. The monoisotopic (exact) mass is 592 g/mol. The first-order chi connectivity index (χ1) is 19.8. The van der Waals surface area contributed by atoms with Gasteiger partial charge in [0, 0.05) is 66.6 Å². The van der Waals surface area contributed by atoms with E-state index >= 15 is 0 Å². The number of imidazole rings is 1. The summed E-state index contributed by atoms with van der Waals surface area (Å²) in [6.45, 7) is 4.12. The molecule has 0 radical (unpaired) electrons. The second-order valence-electron chi connectivity index (χ2n) is 11.5. The number of hydrogen-bond donors (Lipinski definition) is 1. The van der Waals surface area contributed by atoms with Gasteiger partial charge in [-0.15, -0.1) is 11.3 Å². The minimum absolute atomic E-state index is 0.0453. The van der Waals surface area contributed by atoms with Gasteiger partial charge in [-0.25, -0.2) is 14.2 Å². The minimum Gasteiger partial charge on any atom is -0.477 e. The highest BCUT2D eigenvalue weighted by Gasteiger charge is 2.54. The third-order valence-corrected chi connectivity index (χ3v) is 9.60. The number of fused-ring (bicyclic) bond motifs is 1. The van der Waals surface area contributed by atoms with Crippen molar-refractivity contribution in [1.82, 2.24) is 14.5 Å². The largest absolute Gasteiger partial charge is 0.477 e. The van der Waals surface area contributed by atoms with Crippen molar-refractivity contribution in [3.8, 4) is 11.9 Å². The van der Waals surface area contributed by atoms with Crippen LogP contribution in [0, 0.1) is 28.0 Å². The Balaban J connectivity index is 1.02. The van der Waals surface area contributed by atoms with Crippen LogP contribution in [0.2, 0.25) is 5.02 Å². The van der Waals surface area contributed by atoms with Gasteiger partial charge in [0.05, 0.1) is 11.6 Å². The van der Waals surface area contributed by atoms with Gasteiger partial charge in [0.2, 0.25) is 11.8 Å². The van der Waals surface area contributed by atoms with Gasteiger partial charge in [-0.1, -0.05) is 23.7 Å². The van der Waals surface area contributed by atoms with Crippen LogP contribution in [0.5, 0.6) is 5.88 Å². The molecule has 3 fully saturated rings. The predicted molar refractivity (Wildman–Crippen MR) is 153 cm³/mol. The number of halogens is 2. The molecule has 7 rings (SSSR count). The Labute approximate surface area is 244 Å². The number of rotatable bonds is 9. The molecule has 1 aliphatic carbocycles. The zero-order valence-electron chi connectivity index (χ0n) is 22.0. The van der Waals surface area contributed by atoms with E-state index in [9.17, 15) is 19.6 Å². The zero-order chi connectivity index (χ0) is 28.4. The van der Waals surface area contributed by atoms with Crippen LogP contribution in [0.3, 0.4) is 0 Å². The molecule has 3 aliphatic rings. The first-order valence-electron chi connectivity index (χ1n) is 13.4. The fourth-order valence-corrected chi connectivity index (χ4v) is 6.98. The number of carboxylic acids is 1. The molecule has 2 saturated heterocycles. The van der Waals surface area contributed by atoms with Crippen molar-refractivity contribution in [2.24, 2.45) is 10.8 Å². The molecule has 0 unspecified atom stereocenters. The molecule has 210 valence electrons. The summed E-state index contributed by atoms with van der Waals surface area (Å²) in [4.78, 5) is 26.5. The van der Waals surface area contributed by atoms with E-state index in [2.05, 4.69) is 25.4 Å². The lowest BCUT2D eigenvalue weighted by Crippen LogP contribution is -2.73. The van der Waals surface area contributed by atoms with Gasteiger partial charge in [0.1, 0.15) is 27.9 Å². The molecule has 0 atom stereocenters. The molecule has 12 heteroatoms. The maximum absolute atomic E-state index is 14.1. The van der Waals surface area contributed by atoms with Crippen LogP contribution in [-0.4, -0.2) is 51.8 Å². The van der Waals surface area contributed by atoms with Gasteiger partial charge >= 0.3 is 5.97 Å². The van der Waals surface area contributed by atoms with Gasteiger partial charge in [-0.2, -0.15) is 10.2 Å². The smallest absolute Gasteiger partial charge is 0.346 e. The summed E-state index contributed by atoms with van der Waals surface area (Å²) < 4.78 is 22.0. The van der Waals surface area contributed by atoms with Crippen LogP contribution in [0.25, 0.3) is 10.3 Å². The summed E-state index contributed by atoms with van der Waals surface area (Å²) in [5.74, 6) is 0.755. The summed E-state index contributed by atoms with van der Waals surface area (Å²) in [7, 11) is 0. The molecule has 1 N–H and O–H groups in total. The number of carbonyl (C=O) groups is 1. The van der Waals surface area contributed by atoms with E-state index in [0.717, 1.165) is 61.1 Å². The van der Waals surface area contributed by atoms with Crippen molar-refractivity contribution in [2.75, 3.05) is 36.0 Å². The third-order valence-electron chi connectivity index (χ3n) is 8.35. The van der Waals surface area contributed by atoms with Crippen LogP contribution in [0.15, 0.2) is 42.5 Å². The highest BCUT2D eigenvalue weighted by atomic mass is 35.5. The number of hydrogen-bond acceptors (Lipinski definition) is 8. The standard InChI is InChI=1S/C29H26ClFN6O3S/c30-19-5-4-18(20(31)10-19)12-40-24-3-1-2-23(33-24)35-13-29(14-35)15-36(16-29)27-34-25-21(11-22(41-25)26(38)39)37(27)17-28(6-7-28)8-9-32/h1-5,10-11H,6-8,12-17H2,(H,38,39). The lowest BCUT2D eigenvalue weighted by Gasteiger charge is -2.60. The molecule has 0 amide bonds. The Hall–Kier alpha value is -3.88. The Morgan fingerprint density at radius 1 is 1.15 bits per heavy atom. The maximum Gasteiger partial charge on any atom is 0.346 e. The second-order valence-corrected chi connectivity index (χ2v) is 13.0. The molecule has 1 aromatic carbocycles. The number of aromatic carboxylic acids is 1. The van der Waals surface area contributed by atoms with E-state index in [1.54, 1.807) is 24.3 Å². The summed E-state index contributed by atoms with van der Waals surface area (Å²) in [6.07, 6.45) is 2.49. The van der Waals surface area contributed by atoms with Gasteiger partial charge in [0.25, 0.3) is 0 Å². The van der Waals surface area contributed by atoms with Crippen molar-refractivity contribution < 1.29 is 19.0 Å². The van der Waals surface area contributed by atoms with Crippen LogP contribution >= 0.6 is 22.9 Å². The average molecular weight is 593 g/mol. The zero-order valence-corrected chi connectivity index (χ0v) is 23.6. The van der Waals surface area contributed by atoms with Crippen LogP contribution in [0.1, 0.15) is 34.5 Å². The molecular formula is C29H26ClFN6O3S. The van der Waals surface area contributed by atoms with E-state index in [1.165, 1.54) is 17.4 Å². The summed E-state index contributed by atoms with van der Waals surface area (Å²) >= 11 is 7.03. The molecule has 2 aliphatic heterocycles. The number of anilines is 2. The van der Waals surface area contributed by atoms with E-state index in [0.29, 0.717) is 29.4 Å². The van der Waals surface area contributed by atoms with Gasteiger partial charge in [-0.3, -0.25) is 0 Å². The molecule has 41 heavy (non-hydrogen) atoms. The van der Waals surface area contributed by atoms with Crippen molar-refractivity contribution in [2.45, 2.75) is 32.4 Å². The lowest BCUT2D eigenvalue weighted by atomic mass is 9.73. The topological polar surface area (TPSA) is 108 Å². The van der Waals surface area contributed by atoms with E-state index in [4.69, 9.17) is 21.3 Å². The van der Waals surface area contributed by atoms with Crippen molar-refractivity contribution in [1.29, 1.82) is 5.26 Å². The van der Waals surface area contributed by atoms with Crippen molar-refractivity contribution in [3.63, 3.8) is 0 Å². The first kappa shape index (κ1) is 26.0. The molecule has 1 spiro atoms. The van der Waals surface area contributed by atoms with E-state index < -0.39 is 11.8 Å². The van der Waals surface area contributed by atoms with Gasteiger partial charge in [-0.05, 0) is 37.1 Å². The number of pyridine rings is 1.